The van der Waals surface area contributed by atoms with E-state index in [-0.39, 0.29) is 12.3 Å². The highest BCUT2D eigenvalue weighted by Crippen LogP contribution is 2.31. The topological polar surface area (TPSA) is 69.6 Å². The van der Waals surface area contributed by atoms with Gasteiger partial charge in [0.05, 0.1) is 12.2 Å². The molecule has 6 nitrogen and oxygen atoms in total. The van der Waals surface area contributed by atoms with Crippen LogP contribution in [0.15, 0.2) is 28.9 Å². The van der Waals surface area contributed by atoms with Gasteiger partial charge in [-0.05, 0) is 30.9 Å². The summed E-state index contributed by atoms with van der Waals surface area (Å²) in [6.45, 7) is 0. The average Bonchev–Trinajstić information content (AvgIpc) is 3.09. The first-order valence-corrected chi connectivity index (χ1v) is 7.38. The minimum Gasteiger partial charge on any atom is -0.332 e. The van der Waals surface area contributed by atoms with Crippen LogP contribution in [0.2, 0.25) is 0 Å². The molecule has 2 aromatic heterocycles. The standard InChI is InChI=1S/C15H13F2N5O/c16-10-5-4-9(12(17)7-10)6-14-18-15(23-20-14)13-8-22(21-19-13)11-2-1-3-11/h4-5,7-8,11H,1-3,6H2. The van der Waals surface area contributed by atoms with Crippen LogP contribution in [-0.2, 0) is 6.42 Å². The third-order valence-corrected chi connectivity index (χ3v) is 4.01. The summed E-state index contributed by atoms with van der Waals surface area (Å²) in [5.41, 5.74) is 0.798. The van der Waals surface area contributed by atoms with Gasteiger partial charge in [-0.2, -0.15) is 4.98 Å². The van der Waals surface area contributed by atoms with Gasteiger partial charge in [-0.15, -0.1) is 5.10 Å². The Balaban J connectivity index is 1.53. The zero-order valence-corrected chi connectivity index (χ0v) is 12.1. The van der Waals surface area contributed by atoms with Crippen molar-refractivity contribution < 1.29 is 13.3 Å². The molecular formula is C15H13F2N5O. The number of hydrogen-bond donors (Lipinski definition) is 0. The molecule has 1 fully saturated rings. The van der Waals surface area contributed by atoms with Crippen molar-refractivity contribution in [3.8, 4) is 11.6 Å². The Kier molecular flexibility index (Phi) is 3.36. The molecule has 0 atom stereocenters. The Hall–Kier alpha value is -2.64. The number of hydrogen-bond acceptors (Lipinski definition) is 5. The van der Waals surface area contributed by atoms with Gasteiger partial charge in [-0.25, -0.2) is 13.5 Å². The number of halogens is 2. The predicted molar refractivity (Wildman–Crippen MR) is 75.4 cm³/mol. The Labute approximate surface area is 130 Å². The van der Waals surface area contributed by atoms with E-state index in [1.807, 2.05) is 4.68 Å². The van der Waals surface area contributed by atoms with Crippen LogP contribution in [0.5, 0.6) is 0 Å². The highest BCUT2D eigenvalue weighted by atomic mass is 19.1. The van der Waals surface area contributed by atoms with E-state index in [1.165, 1.54) is 18.6 Å². The normalized spacial score (nSPS) is 14.9. The first-order valence-electron chi connectivity index (χ1n) is 7.38. The Morgan fingerprint density at radius 2 is 2.13 bits per heavy atom. The fraction of sp³-hybridized carbons (Fsp3) is 0.333. The van der Waals surface area contributed by atoms with Gasteiger partial charge >= 0.3 is 0 Å². The molecular weight excluding hydrogens is 304 g/mol. The summed E-state index contributed by atoms with van der Waals surface area (Å²) in [6, 6.07) is 3.80. The first-order chi connectivity index (χ1) is 11.2. The van der Waals surface area contributed by atoms with Crippen molar-refractivity contribution in [2.75, 3.05) is 0 Å². The minimum atomic E-state index is -0.632. The van der Waals surface area contributed by atoms with Crippen molar-refractivity contribution in [2.24, 2.45) is 0 Å². The minimum absolute atomic E-state index is 0.117. The van der Waals surface area contributed by atoms with E-state index in [1.54, 1.807) is 6.20 Å². The molecule has 0 N–H and O–H groups in total. The zero-order valence-electron chi connectivity index (χ0n) is 12.1. The van der Waals surface area contributed by atoms with E-state index in [0.29, 0.717) is 23.1 Å². The predicted octanol–water partition coefficient (Wildman–Crippen LogP) is 2.92. The summed E-state index contributed by atoms with van der Waals surface area (Å²) in [5, 5.41) is 11.9. The van der Waals surface area contributed by atoms with Gasteiger partial charge in [-0.1, -0.05) is 16.4 Å². The number of nitrogens with zero attached hydrogens (tertiary/aromatic N) is 5. The average molecular weight is 317 g/mol. The maximum atomic E-state index is 13.7. The lowest BCUT2D eigenvalue weighted by Gasteiger charge is -2.24. The highest BCUT2D eigenvalue weighted by molar-refractivity contribution is 5.43. The monoisotopic (exact) mass is 317 g/mol. The molecule has 0 saturated heterocycles. The SMILES string of the molecule is Fc1ccc(Cc2noc(-c3cn(C4CCC4)nn3)n2)c(F)c1. The summed E-state index contributed by atoms with van der Waals surface area (Å²) < 4.78 is 33.5. The van der Waals surface area contributed by atoms with E-state index in [9.17, 15) is 8.78 Å². The van der Waals surface area contributed by atoms with Gasteiger partial charge in [-0.3, -0.25) is 0 Å². The van der Waals surface area contributed by atoms with Crippen LogP contribution in [0.4, 0.5) is 8.78 Å². The van der Waals surface area contributed by atoms with Crippen LogP contribution < -0.4 is 0 Å². The molecule has 1 aliphatic carbocycles. The van der Waals surface area contributed by atoms with Crippen molar-refractivity contribution in [2.45, 2.75) is 31.7 Å². The first kappa shape index (κ1) is 14.0. The number of rotatable bonds is 4. The van der Waals surface area contributed by atoms with Gasteiger partial charge in [0.25, 0.3) is 5.89 Å². The second kappa shape index (κ2) is 5.53. The second-order valence-corrected chi connectivity index (χ2v) is 5.60. The third-order valence-electron chi connectivity index (χ3n) is 4.01. The molecule has 1 saturated carbocycles. The van der Waals surface area contributed by atoms with E-state index < -0.39 is 11.6 Å². The van der Waals surface area contributed by atoms with E-state index in [4.69, 9.17) is 4.52 Å². The molecule has 1 aromatic carbocycles. The van der Waals surface area contributed by atoms with Crippen molar-refractivity contribution in [3.05, 3.63) is 47.4 Å². The van der Waals surface area contributed by atoms with E-state index in [0.717, 1.165) is 18.9 Å². The van der Waals surface area contributed by atoms with Crippen molar-refractivity contribution in [1.29, 1.82) is 0 Å². The van der Waals surface area contributed by atoms with Crippen LogP contribution in [0.25, 0.3) is 11.6 Å². The maximum Gasteiger partial charge on any atom is 0.280 e. The van der Waals surface area contributed by atoms with Crippen LogP contribution in [0, 0.1) is 11.6 Å². The molecule has 0 unspecified atom stereocenters. The second-order valence-electron chi connectivity index (χ2n) is 5.60. The zero-order chi connectivity index (χ0) is 15.8. The third kappa shape index (κ3) is 2.71. The molecule has 0 radical (unpaired) electrons. The largest absolute Gasteiger partial charge is 0.332 e. The fourth-order valence-electron chi connectivity index (χ4n) is 2.47. The number of benzene rings is 1. The Bertz CT molecular complexity index is 840. The quantitative estimate of drug-likeness (QED) is 0.740. The van der Waals surface area contributed by atoms with Gasteiger partial charge in [0.15, 0.2) is 11.5 Å². The van der Waals surface area contributed by atoms with Crippen LogP contribution in [0.3, 0.4) is 0 Å². The van der Waals surface area contributed by atoms with Crippen LogP contribution in [0.1, 0.15) is 36.7 Å². The van der Waals surface area contributed by atoms with Gasteiger partial charge < -0.3 is 4.52 Å². The lowest BCUT2D eigenvalue weighted by Crippen LogP contribution is -2.17. The summed E-state index contributed by atoms with van der Waals surface area (Å²) in [5.74, 6) is -0.697. The molecule has 0 aliphatic heterocycles. The molecule has 0 amide bonds. The molecule has 0 bridgehead atoms. The molecule has 8 heteroatoms. The van der Waals surface area contributed by atoms with Gasteiger partial charge in [0, 0.05) is 12.5 Å². The fourth-order valence-corrected chi connectivity index (χ4v) is 2.47. The highest BCUT2D eigenvalue weighted by Gasteiger charge is 2.22. The van der Waals surface area contributed by atoms with Gasteiger partial charge in [0.1, 0.15) is 11.6 Å². The van der Waals surface area contributed by atoms with Crippen LogP contribution >= 0.6 is 0 Å². The smallest absolute Gasteiger partial charge is 0.280 e. The van der Waals surface area contributed by atoms with E-state index >= 15 is 0 Å². The summed E-state index contributed by atoms with van der Waals surface area (Å²) in [6.07, 6.45) is 5.29. The molecule has 2 heterocycles. The molecule has 4 rings (SSSR count). The van der Waals surface area contributed by atoms with Crippen LogP contribution in [-0.4, -0.2) is 25.1 Å². The lowest BCUT2D eigenvalue weighted by molar-refractivity contribution is 0.284. The summed E-state index contributed by atoms with van der Waals surface area (Å²) >= 11 is 0. The van der Waals surface area contributed by atoms with Gasteiger partial charge in [0.2, 0.25) is 0 Å². The summed E-state index contributed by atoms with van der Waals surface area (Å²) in [7, 11) is 0. The number of aromatic nitrogens is 5. The van der Waals surface area contributed by atoms with E-state index in [2.05, 4.69) is 20.5 Å². The van der Waals surface area contributed by atoms with Crippen molar-refractivity contribution >= 4 is 0 Å². The molecule has 3 aromatic rings. The van der Waals surface area contributed by atoms with Crippen molar-refractivity contribution in [1.82, 2.24) is 25.1 Å². The Morgan fingerprint density at radius 1 is 1.26 bits per heavy atom. The lowest BCUT2D eigenvalue weighted by atomic mass is 9.93. The molecule has 1 aliphatic rings. The molecule has 118 valence electrons. The Morgan fingerprint density at radius 3 is 2.87 bits per heavy atom. The summed E-state index contributed by atoms with van der Waals surface area (Å²) in [4.78, 5) is 4.20. The molecule has 0 spiro atoms. The maximum absolute atomic E-state index is 13.7. The molecule has 23 heavy (non-hydrogen) atoms. The van der Waals surface area contributed by atoms with Crippen molar-refractivity contribution in [3.63, 3.8) is 0 Å².